The van der Waals surface area contributed by atoms with E-state index in [2.05, 4.69) is 61.3 Å². The lowest BCUT2D eigenvalue weighted by Crippen LogP contribution is -2.21. The van der Waals surface area contributed by atoms with Gasteiger partial charge in [-0.05, 0) is 12.1 Å². The summed E-state index contributed by atoms with van der Waals surface area (Å²) in [6.45, 7) is 1.53. The molecule has 0 radical (unpaired) electrons. The molecule has 0 heterocycles. The van der Waals surface area contributed by atoms with Crippen molar-refractivity contribution in [3.8, 4) is 5.75 Å². The van der Waals surface area contributed by atoms with E-state index in [0.717, 1.165) is 35.7 Å². The van der Waals surface area contributed by atoms with E-state index in [4.69, 9.17) is 14.8 Å². The van der Waals surface area contributed by atoms with E-state index in [-0.39, 0.29) is 0 Å². The molecule has 2 aromatic rings. The Bertz CT molecular complexity index is 614. The van der Waals surface area contributed by atoms with Gasteiger partial charge in [-0.3, -0.25) is 0 Å². The number of rotatable bonds is 9. The number of hydrogen-bond acceptors (Lipinski definition) is 8. The third-order valence-electron chi connectivity index (χ3n) is 3.09. The Morgan fingerprint density at radius 1 is 1.08 bits per heavy atom. The Balaban J connectivity index is 0.00000139. The number of nitrogens with two attached hydrogens (primary N) is 1. The van der Waals surface area contributed by atoms with Crippen LogP contribution in [-0.4, -0.2) is 42.9 Å². The normalized spacial score (nSPS) is 10.1. The lowest BCUT2D eigenvalue weighted by atomic mass is 10.1. The molecule has 0 bridgehead atoms. The van der Waals surface area contributed by atoms with Gasteiger partial charge in [-0.1, -0.05) is 45.9 Å². The first-order valence-corrected chi connectivity index (χ1v) is 10.3. The molecule has 0 saturated heterocycles. The van der Waals surface area contributed by atoms with Crippen molar-refractivity contribution in [2.75, 3.05) is 43.6 Å². The molecule has 2 aromatic carbocycles. The fraction of sp³-hybridized carbons (Fsp3) is 0.375. The molecular formula is C16H23N3O2S3. The van der Waals surface area contributed by atoms with Crippen LogP contribution in [0, 0.1) is 0 Å². The summed E-state index contributed by atoms with van der Waals surface area (Å²) in [5, 5.41) is 2.31. The van der Waals surface area contributed by atoms with Crippen molar-refractivity contribution in [2.24, 2.45) is 5.73 Å². The van der Waals surface area contributed by atoms with Crippen molar-refractivity contribution >= 4 is 50.6 Å². The Morgan fingerprint density at radius 3 is 2.46 bits per heavy atom. The fourth-order valence-electron chi connectivity index (χ4n) is 2.12. The van der Waals surface area contributed by atoms with Crippen molar-refractivity contribution in [3.63, 3.8) is 0 Å². The van der Waals surface area contributed by atoms with Gasteiger partial charge in [0, 0.05) is 55.2 Å². The Hall–Kier alpha value is -1.06. The van der Waals surface area contributed by atoms with Gasteiger partial charge in [-0.2, -0.15) is 9.69 Å². The molecule has 5 nitrogen and oxygen atoms in total. The lowest BCUT2D eigenvalue weighted by Gasteiger charge is -2.17. The summed E-state index contributed by atoms with van der Waals surface area (Å²) in [6.07, 6.45) is 0. The summed E-state index contributed by atoms with van der Waals surface area (Å²) in [7, 11) is 7.71. The Morgan fingerprint density at radius 2 is 1.75 bits per heavy atom. The first-order valence-electron chi connectivity index (χ1n) is 7.44. The van der Waals surface area contributed by atoms with E-state index in [1.54, 1.807) is 10.8 Å². The van der Waals surface area contributed by atoms with Crippen LogP contribution in [0.5, 0.6) is 5.75 Å². The molecule has 0 amide bonds. The topological polar surface area (TPSA) is 67.6 Å². The van der Waals surface area contributed by atoms with Crippen LogP contribution in [-0.2, 0) is 12.5 Å². The van der Waals surface area contributed by atoms with Gasteiger partial charge in [0.15, 0.2) is 18.3 Å². The van der Waals surface area contributed by atoms with Gasteiger partial charge in [-0.15, -0.1) is 0 Å². The minimum atomic E-state index is 0.728. The summed E-state index contributed by atoms with van der Waals surface area (Å²) in [5.74, 6) is 2.83. The molecule has 0 unspecified atom stereocenters. The van der Waals surface area contributed by atoms with E-state index < -0.39 is 0 Å². The quantitative estimate of drug-likeness (QED) is 0.388. The van der Waals surface area contributed by atoms with Crippen molar-refractivity contribution in [1.82, 2.24) is 5.48 Å². The lowest BCUT2D eigenvalue weighted by molar-refractivity contribution is 0.206. The van der Waals surface area contributed by atoms with Crippen molar-refractivity contribution in [2.45, 2.75) is 0 Å². The third-order valence-corrected chi connectivity index (χ3v) is 5.53. The van der Waals surface area contributed by atoms with Gasteiger partial charge >= 0.3 is 0 Å². The summed E-state index contributed by atoms with van der Waals surface area (Å²) < 4.78 is 7.83. The van der Waals surface area contributed by atoms with Crippen LogP contribution in [0.2, 0.25) is 0 Å². The number of benzene rings is 2. The monoisotopic (exact) mass is 385 g/mol. The highest BCUT2D eigenvalue weighted by Crippen LogP contribution is 2.31. The second kappa shape index (κ2) is 12.3. The number of hydroxylamine groups is 1. The number of nitrogens with zero attached hydrogens (tertiary/aromatic N) is 1. The standard InChI is InChI=1S/C16H23N3OS2.OS/c1-19(2)15-7-3-6-14-13(15)5-4-8-16(14)20-18-10-12-22-21-11-9-17;1-2/h3-8,18H,9-12,17H2,1-2H3;. The summed E-state index contributed by atoms with van der Waals surface area (Å²) in [4.78, 5) is 7.86. The molecule has 0 saturated carbocycles. The predicted molar refractivity (Wildman–Crippen MR) is 109 cm³/mol. The van der Waals surface area contributed by atoms with Crippen LogP contribution in [0.25, 0.3) is 10.8 Å². The second-order valence-corrected chi connectivity index (χ2v) is 7.65. The van der Waals surface area contributed by atoms with E-state index in [0.29, 0.717) is 0 Å². The van der Waals surface area contributed by atoms with Crippen LogP contribution in [0.15, 0.2) is 36.4 Å². The highest BCUT2D eigenvalue weighted by Gasteiger charge is 2.07. The average molecular weight is 386 g/mol. The zero-order valence-corrected chi connectivity index (χ0v) is 16.3. The molecule has 0 aliphatic carbocycles. The molecule has 8 heteroatoms. The molecule has 132 valence electrons. The summed E-state index contributed by atoms with van der Waals surface area (Å²) in [5.41, 5.74) is 9.69. The second-order valence-electron chi connectivity index (χ2n) is 4.95. The SMILES string of the molecule is CN(C)c1cccc2c(ONCCSSCCN)cccc12.O=S. The molecule has 3 N–H and O–H groups in total. The molecule has 0 spiro atoms. The van der Waals surface area contributed by atoms with Crippen LogP contribution < -0.4 is 21.0 Å². The molecule has 0 atom stereocenters. The third kappa shape index (κ3) is 6.45. The predicted octanol–water partition coefficient (Wildman–Crippen LogP) is 2.79. The highest BCUT2D eigenvalue weighted by atomic mass is 33.1. The number of fused-ring (bicyclic) bond motifs is 1. The average Bonchev–Trinajstić information content (AvgIpc) is 2.62. The smallest absolute Gasteiger partial charge is 0.197 e. The molecule has 0 aliphatic heterocycles. The molecule has 0 aliphatic rings. The number of anilines is 1. The fourth-order valence-corrected chi connectivity index (χ4v) is 3.87. The van der Waals surface area contributed by atoms with E-state index >= 15 is 0 Å². The minimum absolute atomic E-state index is 0.728. The van der Waals surface area contributed by atoms with Gasteiger partial charge in [0.05, 0.1) is 0 Å². The van der Waals surface area contributed by atoms with Crippen molar-refractivity contribution in [3.05, 3.63) is 36.4 Å². The largest absolute Gasteiger partial charge is 0.408 e. The number of hydrogen-bond donors (Lipinski definition) is 2. The van der Waals surface area contributed by atoms with Gasteiger partial charge in [0.2, 0.25) is 0 Å². The molecule has 24 heavy (non-hydrogen) atoms. The molecule has 0 fully saturated rings. The first kappa shape index (κ1) is 21.0. The van der Waals surface area contributed by atoms with E-state index in [1.165, 1.54) is 11.1 Å². The van der Waals surface area contributed by atoms with Crippen molar-refractivity contribution < 1.29 is 9.05 Å². The van der Waals surface area contributed by atoms with Gasteiger partial charge in [0.25, 0.3) is 0 Å². The van der Waals surface area contributed by atoms with Crippen LogP contribution >= 0.6 is 21.6 Å². The van der Waals surface area contributed by atoms with Gasteiger partial charge in [0.1, 0.15) is 0 Å². The molecule has 0 aromatic heterocycles. The molecular weight excluding hydrogens is 362 g/mol. The maximum Gasteiger partial charge on any atom is 0.197 e. The van der Waals surface area contributed by atoms with Crippen LogP contribution in [0.3, 0.4) is 0 Å². The van der Waals surface area contributed by atoms with Crippen molar-refractivity contribution in [1.29, 1.82) is 0 Å². The van der Waals surface area contributed by atoms with Crippen LogP contribution in [0.4, 0.5) is 5.69 Å². The van der Waals surface area contributed by atoms with Gasteiger partial charge in [-0.25, -0.2) is 0 Å². The Kier molecular flexibility index (Phi) is 10.8. The first-order chi connectivity index (χ1) is 11.7. The zero-order chi connectivity index (χ0) is 17.8. The maximum absolute atomic E-state index is 7.83. The van der Waals surface area contributed by atoms with Crippen LogP contribution in [0.1, 0.15) is 0 Å². The van der Waals surface area contributed by atoms with Gasteiger partial charge < -0.3 is 15.5 Å². The Labute approximate surface area is 156 Å². The minimum Gasteiger partial charge on any atom is -0.408 e. The van der Waals surface area contributed by atoms with E-state index in [9.17, 15) is 0 Å². The maximum atomic E-state index is 7.83. The number of nitrogens with one attached hydrogen (secondary N) is 1. The highest BCUT2D eigenvalue weighted by molar-refractivity contribution is 8.76. The summed E-state index contributed by atoms with van der Waals surface area (Å²) in [6, 6.07) is 12.4. The summed E-state index contributed by atoms with van der Waals surface area (Å²) >= 11 is 2.83. The molecule has 2 rings (SSSR count). The van der Waals surface area contributed by atoms with E-state index in [1.807, 2.05) is 22.9 Å². The zero-order valence-electron chi connectivity index (χ0n) is 13.9.